The van der Waals surface area contributed by atoms with E-state index in [4.69, 9.17) is 16.3 Å². The molecule has 0 saturated carbocycles. The minimum atomic E-state index is -4.04. The van der Waals surface area contributed by atoms with E-state index in [2.05, 4.69) is 14.7 Å². The summed E-state index contributed by atoms with van der Waals surface area (Å²) in [5, 5.41) is 3.34. The fourth-order valence-electron chi connectivity index (χ4n) is 2.14. The maximum absolute atomic E-state index is 12.7. The lowest BCUT2D eigenvalue weighted by atomic mass is 10.1. The molecule has 0 atom stereocenters. The summed E-state index contributed by atoms with van der Waals surface area (Å²) in [6, 6.07) is 4.37. The van der Waals surface area contributed by atoms with Gasteiger partial charge in [-0.3, -0.25) is 5.32 Å². The Morgan fingerprint density at radius 2 is 1.96 bits per heavy atom. The second-order valence-corrected chi connectivity index (χ2v) is 8.92. The number of halogens is 1. The third-order valence-electron chi connectivity index (χ3n) is 3.13. The van der Waals surface area contributed by atoms with Crippen LogP contribution in [0.5, 0.6) is 0 Å². The molecule has 0 radical (unpaired) electrons. The molecule has 8 nitrogen and oxygen atoms in total. The average Bonchev–Trinajstić information content (AvgIpc) is 2.51. The Labute approximate surface area is 163 Å². The van der Waals surface area contributed by atoms with Gasteiger partial charge in [-0.15, -0.1) is 4.40 Å². The number of carbonyl (C=O) groups excluding carboxylic acids is 1. The van der Waals surface area contributed by atoms with Crippen LogP contribution in [0.4, 0.5) is 10.5 Å². The van der Waals surface area contributed by atoms with E-state index in [0.717, 1.165) is 0 Å². The van der Waals surface area contributed by atoms with Gasteiger partial charge in [-0.05, 0) is 39.0 Å². The van der Waals surface area contributed by atoms with Crippen molar-refractivity contribution in [1.29, 1.82) is 0 Å². The first kappa shape index (κ1) is 20.9. The van der Waals surface area contributed by atoms with Crippen molar-refractivity contribution in [3.05, 3.63) is 29.5 Å². The zero-order valence-corrected chi connectivity index (χ0v) is 17.2. The molecular weight excluding hydrogens is 392 g/mol. The highest BCUT2D eigenvalue weighted by Crippen LogP contribution is 2.32. The number of aromatic nitrogens is 1. The number of benzene rings is 1. The summed E-state index contributed by atoms with van der Waals surface area (Å²) in [6.45, 7) is 5.17. The molecule has 0 bridgehead atoms. The number of rotatable bonds is 4. The lowest BCUT2D eigenvalue weighted by Gasteiger charge is -2.20. The molecule has 2 rings (SSSR count). The Kier molecular flexibility index (Phi) is 5.96. The Bertz CT molecular complexity index is 998. The Morgan fingerprint density at radius 1 is 1.30 bits per heavy atom. The van der Waals surface area contributed by atoms with Crippen LogP contribution in [-0.2, 0) is 14.8 Å². The van der Waals surface area contributed by atoms with E-state index in [1.54, 1.807) is 34.9 Å². The molecule has 0 fully saturated rings. The predicted octanol–water partition coefficient (Wildman–Crippen LogP) is 3.51. The van der Waals surface area contributed by atoms with E-state index in [1.807, 2.05) is 0 Å². The summed E-state index contributed by atoms with van der Waals surface area (Å²) in [7, 11) is -0.741. The van der Waals surface area contributed by atoms with Gasteiger partial charge in [0.15, 0.2) is 0 Å². The third kappa shape index (κ3) is 5.54. The van der Waals surface area contributed by atoms with Crippen LogP contribution in [0.25, 0.3) is 10.8 Å². The predicted molar refractivity (Wildman–Crippen MR) is 106 cm³/mol. The van der Waals surface area contributed by atoms with Crippen LogP contribution >= 0.6 is 11.6 Å². The lowest BCUT2D eigenvalue weighted by Crippen LogP contribution is -2.27. The number of hydrogen-bond acceptors (Lipinski definition) is 5. The first-order chi connectivity index (χ1) is 12.4. The number of fused-ring (bicyclic) bond motifs is 1. The number of nitrogens with zero attached hydrogens (tertiary/aromatic N) is 3. The Morgan fingerprint density at radius 3 is 2.56 bits per heavy atom. The quantitative estimate of drug-likeness (QED) is 0.468. The van der Waals surface area contributed by atoms with Gasteiger partial charge in [0.1, 0.15) is 17.1 Å². The van der Waals surface area contributed by atoms with E-state index in [9.17, 15) is 13.2 Å². The number of ether oxygens (including phenoxy) is 1. The number of pyridine rings is 1. The third-order valence-corrected chi connectivity index (χ3v) is 4.70. The minimum Gasteiger partial charge on any atom is -0.444 e. The molecule has 1 amide bonds. The number of anilines is 1. The first-order valence-corrected chi connectivity index (χ1v) is 9.76. The molecule has 2 aromatic rings. The maximum Gasteiger partial charge on any atom is 0.412 e. The molecule has 27 heavy (non-hydrogen) atoms. The standard InChI is InChI=1S/C17H21ClN4O4S/c1-17(2,3)26-16(23)21-11-8-13-12(6-7-19-15(13)18)14(9-11)27(24,25)20-10-22(4)5/h6-10H,1-5H3,(H,21,23). The van der Waals surface area contributed by atoms with Gasteiger partial charge in [-0.2, -0.15) is 8.42 Å². The van der Waals surface area contributed by atoms with E-state index >= 15 is 0 Å². The zero-order valence-electron chi connectivity index (χ0n) is 15.6. The molecule has 146 valence electrons. The van der Waals surface area contributed by atoms with Crippen molar-refractivity contribution >= 4 is 50.5 Å². The number of amides is 1. The SMILES string of the molecule is CN(C)C=NS(=O)(=O)c1cc(NC(=O)OC(C)(C)C)cc2c(Cl)nccc12. The molecular formula is C17H21ClN4O4S. The second-order valence-electron chi connectivity index (χ2n) is 6.96. The fraction of sp³-hybridized carbons (Fsp3) is 0.353. The molecule has 10 heteroatoms. The van der Waals surface area contributed by atoms with Crippen molar-refractivity contribution in [1.82, 2.24) is 9.88 Å². The largest absolute Gasteiger partial charge is 0.444 e. The Hall–Kier alpha value is -2.39. The van der Waals surface area contributed by atoms with Gasteiger partial charge in [-0.1, -0.05) is 11.6 Å². The Balaban J connectivity index is 2.59. The highest BCUT2D eigenvalue weighted by molar-refractivity contribution is 7.90. The van der Waals surface area contributed by atoms with Gasteiger partial charge >= 0.3 is 6.09 Å². The van der Waals surface area contributed by atoms with Crippen molar-refractivity contribution < 1.29 is 17.9 Å². The normalized spacial score (nSPS) is 12.4. The van der Waals surface area contributed by atoms with Gasteiger partial charge < -0.3 is 9.64 Å². The van der Waals surface area contributed by atoms with Crippen LogP contribution < -0.4 is 5.32 Å². The molecule has 0 spiro atoms. The summed E-state index contributed by atoms with van der Waals surface area (Å²) in [5.74, 6) is 0. The van der Waals surface area contributed by atoms with Gasteiger partial charge in [0.2, 0.25) is 0 Å². The van der Waals surface area contributed by atoms with E-state index in [1.165, 1.54) is 35.6 Å². The first-order valence-electron chi connectivity index (χ1n) is 7.94. The number of hydrogen-bond donors (Lipinski definition) is 1. The molecule has 0 unspecified atom stereocenters. The van der Waals surface area contributed by atoms with Crippen molar-refractivity contribution in [3.8, 4) is 0 Å². The summed E-state index contributed by atoms with van der Waals surface area (Å²) < 4.78 is 34.2. The molecule has 1 N–H and O–H groups in total. The number of nitrogens with one attached hydrogen (secondary N) is 1. The van der Waals surface area contributed by atoms with Gasteiger partial charge in [0.05, 0.1) is 4.90 Å². The zero-order chi connectivity index (χ0) is 20.4. The van der Waals surface area contributed by atoms with Crippen LogP contribution in [0.3, 0.4) is 0 Å². The van der Waals surface area contributed by atoms with Crippen LogP contribution in [0.2, 0.25) is 5.15 Å². The molecule has 1 aromatic carbocycles. The molecule has 1 aromatic heterocycles. The van der Waals surface area contributed by atoms with E-state index in [-0.39, 0.29) is 15.7 Å². The maximum atomic E-state index is 12.7. The fourth-order valence-corrected chi connectivity index (χ4v) is 3.51. The second kappa shape index (κ2) is 7.69. The lowest BCUT2D eigenvalue weighted by molar-refractivity contribution is 0.0636. The van der Waals surface area contributed by atoms with Crippen molar-refractivity contribution in [2.45, 2.75) is 31.3 Å². The van der Waals surface area contributed by atoms with Gasteiger partial charge in [0.25, 0.3) is 10.0 Å². The van der Waals surface area contributed by atoms with Gasteiger partial charge in [-0.25, -0.2) is 9.78 Å². The van der Waals surface area contributed by atoms with Crippen molar-refractivity contribution in [3.63, 3.8) is 0 Å². The van der Waals surface area contributed by atoms with Crippen LogP contribution in [0, 0.1) is 0 Å². The van der Waals surface area contributed by atoms with Gasteiger partial charge in [0, 0.05) is 36.8 Å². The number of carbonyl (C=O) groups is 1. The van der Waals surface area contributed by atoms with Crippen LogP contribution in [0.15, 0.2) is 33.7 Å². The molecule has 0 aliphatic carbocycles. The average molecular weight is 413 g/mol. The monoisotopic (exact) mass is 412 g/mol. The molecule has 0 aliphatic rings. The highest BCUT2D eigenvalue weighted by atomic mass is 35.5. The molecule has 0 aliphatic heterocycles. The van der Waals surface area contributed by atoms with E-state index in [0.29, 0.717) is 10.8 Å². The minimum absolute atomic E-state index is 0.103. The summed E-state index contributed by atoms with van der Waals surface area (Å²) in [6.07, 6.45) is 1.86. The summed E-state index contributed by atoms with van der Waals surface area (Å²) >= 11 is 6.13. The summed E-state index contributed by atoms with van der Waals surface area (Å²) in [5.41, 5.74) is -0.504. The molecule has 1 heterocycles. The summed E-state index contributed by atoms with van der Waals surface area (Å²) in [4.78, 5) is 17.4. The highest BCUT2D eigenvalue weighted by Gasteiger charge is 2.21. The van der Waals surface area contributed by atoms with Crippen molar-refractivity contribution in [2.24, 2.45) is 4.40 Å². The van der Waals surface area contributed by atoms with Crippen LogP contribution in [-0.4, -0.2) is 50.4 Å². The van der Waals surface area contributed by atoms with E-state index < -0.39 is 21.7 Å². The van der Waals surface area contributed by atoms with Crippen molar-refractivity contribution in [2.75, 3.05) is 19.4 Å². The molecule has 0 saturated heterocycles. The topological polar surface area (TPSA) is 101 Å². The van der Waals surface area contributed by atoms with Crippen LogP contribution in [0.1, 0.15) is 20.8 Å². The number of sulfonamides is 1. The smallest absolute Gasteiger partial charge is 0.412 e.